The molecule has 2 aromatic rings. The van der Waals surface area contributed by atoms with Crippen LogP contribution in [0, 0.1) is 0 Å². The number of aromatic nitrogens is 2. The summed E-state index contributed by atoms with van der Waals surface area (Å²) < 4.78 is 5.13. The Labute approximate surface area is 106 Å². The largest absolute Gasteiger partial charge is 0.497 e. The van der Waals surface area contributed by atoms with Crippen molar-refractivity contribution >= 4 is 11.6 Å². The summed E-state index contributed by atoms with van der Waals surface area (Å²) in [6, 6.07) is 9.73. The van der Waals surface area contributed by atoms with E-state index in [9.17, 15) is 0 Å². The summed E-state index contributed by atoms with van der Waals surface area (Å²) in [6.45, 7) is 2.06. The third-order valence-corrected chi connectivity index (χ3v) is 2.67. The smallest absolute Gasteiger partial charge is 0.131 e. The van der Waals surface area contributed by atoms with E-state index in [0.717, 1.165) is 11.3 Å². The lowest BCUT2D eigenvalue weighted by Crippen LogP contribution is -2.08. The Kier molecular flexibility index (Phi) is 3.62. The van der Waals surface area contributed by atoms with E-state index in [4.69, 9.17) is 10.5 Å². The molecule has 0 aliphatic rings. The Hall–Kier alpha value is -2.30. The fraction of sp³-hybridized carbons (Fsp3) is 0.231. The molecule has 0 bridgehead atoms. The number of anilines is 2. The van der Waals surface area contributed by atoms with Crippen LogP contribution in [-0.4, -0.2) is 17.1 Å². The highest BCUT2D eigenvalue weighted by Crippen LogP contribution is 2.20. The number of nitrogens with two attached hydrogens (primary N) is 1. The number of benzene rings is 1. The summed E-state index contributed by atoms with van der Waals surface area (Å²) in [5, 5.41) is 3.26. The minimum atomic E-state index is 0.130. The lowest BCUT2D eigenvalue weighted by atomic mass is 10.1. The molecule has 0 aliphatic heterocycles. The van der Waals surface area contributed by atoms with Crippen molar-refractivity contribution in [1.82, 2.24) is 9.97 Å². The van der Waals surface area contributed by atoms with Crippen molar-refractivity contribution in [3.63, 3.8) is 0 Å². The van der Waals surface area contributed by atoms with Gasteiger partial charge in [0, 0.05) is 12.1 Å². The molecule has 1 unspecified atom stereocenters. The fourth-order valence-electron chi connectivity index (χ4n) is 1.65. The molecule has 1 aromatic carbocycles. The van der Waals surface area contributed by atoms with Gasteiger partial charge in [-0.05, 0) is 24.6 Å². The maximum absolute atomic E-state index is 5.60. The van der Waals surface area contributed by atoms with E-state index in [-0.39, 0.29) is 6.04 Å². The van der Waals surface area contributed by atoms with Crippen LogP contribution in [0.5, 0.6) is 5.75 Å². The third-order valence-electron chi connectivity index (χ3n) is 2.67. The molecule has 5 heteroatoms. The quantitative estimate of drug-likeness (QED) is 0.862. The minimum absolute atomic E-state index is 0.130. The lowest BCUT2D eigenvalue weighted by Gasteiger charge is -2.15. The molecule has 0 spiro atoms. The highest BCUT2D eigenvalue weighted by Gasteiger charge is 2.06. The number of methoxy groups -OCH3 is 1. The SMILES string of the molecule is COc1ccc(C(C)Nc2cc(N)ncn2)cc1. The summed E-state index contributed by atoms with van der Waals surface area (Å²) in [5.41, 5.74) is 6.75. The molecule has 1 atom stereocenters. The molecule has 0 amide bonds. The maximum atomic E-state index is 5.60. The Balaban J connectivity index is 2.09. The zero-order chi connectivity index (χ0) is 13.0. The van der Waals surface area contributed by atoms with Crippen molar-refractivity contribution in [2.24, 2.45) is 0 Å². The molecule has 0 saturated carbocycles. The second-order valence-corrected chi connectivity index (χ2v) is 3.97. The normalized spacial score (nSPS) is 11.9. The minimum Gasteiger partial charge on any atom is -0.497 e. The summed E-state index contributed by atoms with van der Waals surface area (Å²) in [5.74, 6) is 2.01. The molecule has 1 aromatic heterocycles. The average molecular weight is 244 g/mol. The summed E-state index contributed by atoms with van der Waals surface area (Å²) in [7, 11) is 1.65. The Bertz CT molecular complexity index is 513. The Morgan fingerprint density at radius 2 is 1.94 bits per heavy atom. The van der Waals surface area contributed by atoms with Gasteiger partial charge in [0.2, 0.25) is 0 Å². The van der Waals surface area contributed by atoms with E-state index < -0.39 is 0 Å². The first-order valence-electron chi connectivity index (χ1n) is 5.67. The number of nitrogens with zero attached hydrogens (tertiary/aromatic N) is 2. The number of ether oxygens (including phenoxy) is 1. The first kappa shape index (κ1) is 12.2. The first-order valence-corrected chi connectivity index (χ1v) is 5.67. The van der Waals surface area contributed by atoms with Gasteiger partial charge in [0.05, 0.1) is 7.11 Å². The molecule has 0 radical (unpaired) electrons. The predicted octanol–water partition coefficient (Wildman–Crippen LogP) is 2.24. The summed E-state index contributed by atoms with van der Waals surface area (Å²) in [6.07, 6.45) is 1.44. The lowest BCUT2D eigenvalue weighted by molar-refractivity contribution is 0.414. The number of nitrogens with one attached hydrogen (secondary N) is 1. The van der Waals surface area contributed by atoms with Gasteiger partial charge in [0.25, 0.3) is 0 Å². The van der Waals surface area contributed by atoms with Crippen LogP contribution in [-0.2, 0) is 0 Å². The van der Waals surface area contributed by atoms with Gasteiger partial charge in [-0.1, -0.05) is 12.1 Å². The molecule has 94 valence electrons. The predicted molar refractivity (Wildman–Crippen MR) is 71.5 cm³/mol. The van der Waals surface area contributed by atoms with Gasteiger partial charge in [-0.2, -0.15) is 0 Å². The van der Waals surface area contributed by atoms with Crippen LogP contribution in [0.25, 0.3) is 0 Å². The highest BCUT2D eigenvalue weighted by atomic mass is 16.5. The number of hydrogen-bond donors (Lipinski definition) is 2. The van der Waals surface area contributed by atoms with E-state index in [1.807, 2.05) is 24.3 Å². The van der Waals surface area contributed by atoms with Gasteiger partial charge in [-0.15, -0.1) is 0 Å². The van der Waals surface area contributed by atoms with Crippen molar-refractivity contribution in [1.29, 1.82) is 0 Å². The van der Waals surface area contributed by atoms with Gasteiger partial charge in [0.15, 0.2) is 0 Å². The van der Waals surface area contributed by atoms with Gasteiger partial charge >= 0.3 is 0 Å². The second kappa shape index (κ2) is 5.35. The molecule has 0 saturated heterocycles. The van der Waals surface area contributed by atoms with Crippen molar-refractivity contribution < 1.29 is 4.74 Å². The summed E-state index contributed by atoms with van der Waals surface area (Å²) >= 11 is 0. The summed E-state index contributed by atoms with van der Waals surface area (Å²) in [4.78, 5) is 7.96. The molecule has 3 N–H and O–H groups in total. The molecule has 2 rings (SSSR count). The van der Waals surface area contributed by atoms with E-state index in [0.29, 0.717) is 11.6 Å². The van der Waals surface area contributed by atoms with Crippen LogP contribution in [0.15, 0.2) is 36.7 Å². The Morgan fingerprint density at radius 1 is 1.22 bits per heavy atom. The van der Waals surface area contributed by atoms with Crippen LogP contribution in [0.1, 0.15) is 18.5 Å². The molecule has 1 heterocycles. The molecule has 18 heavy (non-hydrogen) atoms. The van der Waals surface area contributed by atoms with Crippen LogP contribution < -0.4 is 15.8 Å². The fourth-order valence-corrected chi connectivity index (χ4v) is 1.65. The van der Waals surface area contributed by atoms with E-state index in [1.54, 1.807) is 13.2 Å². The van der Waals surface area contributed by atoms with Crippen molar-refractivity contribution in [3.8, 4) is 5.75 Å². The number of nitrogen functional groups attached to an aromatic ring is 1. The standard InChI is InChI=1S/C13H16N4O/c1-9(10-3-5-11(18-2)6-4-10)17-13-7-12(14)15-8-16-13/h3-9H,1-2H3,(H3,14,15,16,17). The number of rotatable bonds is 4. The number of hydrogen-bond acceptors (Lipinski definition) is 5. The van der Waals surface area contributed by atoms with Crippen molar-refractivity contribution in [2.75, 3.05) is 18.2 Å². The molecule has 0 fully saturated rings. The highest BCUT2D eigenvalue weighted by molar-refractivity contribution is 5.45. The molecular formula is C13H16N4O. The third kappa shape index (κ3) is 2.88. The van der Waals surface area contributed by atoms with Crippen LogP contribution in [0.3, 0.4) is 0 Å². The second-order valence-electron chi connectivity index (χ2n) is 3.97. The van der Waals surface area contributed by atoms with E-state index in [2.05, 4.69) is 22.2 Å². The van der Waals surface area contributed by atoms with Gasteiger partial charge in [0.1, 0.15) is 23.7 Å². The van der Waals surface area contributed by atoms with Crippen LogP contribution in [0.2, 0.25) is 0 Å². The van der Waals surface area contributed by atoms with Crippen LogP contribution >= 0.6 is 0 Å². The average Bonchev–Trinajstić information content (AvgIpc) is 2.39. The topological polar surface area (TPSA) is 73.1 Å². The van der Waals surface area contributed by atoms with Crippen LogP contribution in [0.4, 0.5) is 11.6 Å². The zero-order valence-electron chi connectivity index (χ0n) is 10.4. The first-order chi connectivity index (χ1) is 8.69. The molecular weight excluding hydrogens is 228 g/mol. The van der Waals surface area contributed by atoms with Crippen molar-refractivity contribution in [3.05, 3.63) is 42.2 Å². The van der Waals surface area contributed by atoms with E-state index in [1.165, 1.54) is 6.33 Å². The van der Waals surface area contributed by atoms with Gasteiger partial charge < -0.3 is 15.8 Å². The molecule has 5 nitrogen and oxygen atoms in total. The molecule has 0 aliphatic carbocycles. The monoisotopic (exact) mass is 244 g/mol. The van der Waals surface area contributed by atoms with Gasteiger partial charge in [-0.25, -0.2) is 9.97 Å². The maximum Gasteiger partial charge on any atom is 0.131 e. The van der Waals surface area contributed by atoms with E-state index >= 15 is 0 Å². The van der Waals surface area contributed by atoms with Gasteiger partial charge in [-0.3, -0.25) is 0 Å². The Morgan fingerprint density at radius 3 is 2.56 bits per heavy atom. The van der Waals surface area contributed by atoms with Crippen molar-refractivity contribution in [2.45, 2.75) is 13.0 Å². The zero-order valence-corrected chi connectivity index (χ0v) is 10.4.